The molecule has 1 amide bonds. The van der Waals surface area contributed by atoms with Crippen molar-refractivity contribution < 1.29 is 18.7 Å². The Morgan fingerprint density at radius 2 is 2.05 bits per heavy atom. The van der Waals surface area contributed by atoms with Crippen LogP contribution < -0.4 is 5.32 Å². The molecule has 0 aliphatic heterocycles. The van der Waals surface area contributed by atoms with E-state index in [0.29, 0.717) is 0 Å². The van der Waals surface area contributed by atoms with Gasteiger partial charge in [0, 0.05) is 18.2 Å². The molecular formula is C12H12F2N2O3. The van der Waals surface area contributed by atoms with Gasteiger partial charge in [0.15, 0.2) is 0 Å². The van der Waals surface area contributed by atoms with Crippen molar-refractivity contribution in [1.29, 1.82) is 0 Å². The molecule has 1 aromatic rings. The summed E-state index contributed by atoms with van der Waals surface area (Å²) in [5, 5.41) is 13.6. The van der Waals surface area contributed by atoms with Crippen molar-refractivity contribution in [1.82, 2.24) is 0 Å². The number of aliphatic hydroxyl groups is 1. The third-order valence-corrected chi connectivity index (χ3v) is 2.28. The molecule has 0 unspecified atom stereocenters. The van der Waals surface area contributed by atoms with Crippen molar-refractivity contribution in [2.45, 2.75) is 19.8 Å². The first-order chi connectivity index (χ1) is 8.75. The lowest BCUT2D eigenvalue weighted by molar-refractivity contribution is -0.113. The van der Waals surface area contributed by atoms with Gasteiger partial charge in [-0.25, -0.2) is 8.78 Å². The highest BCUT2D eigenvalue weighted by Gasteiger charge is 2.24. The van der Waals surface area contributed by atoms with Crippen LogP contribution in [0.3, 0.4) is 0 Å². The zero-order valence-electron chi connectivity index (χ0n) is 10.3. The van der Waals surface area contributed by atoms with Gasteiger partial charge in [-0.15, -0.1) is 4.91 Å². The van der Waals surface area contributed by atoms with Crippen molar-refractivity contribution in [3.63, 3.8) is 0 Å². The smallest absolute Gasteiger partial charge is 0.281 e. The third kappa shape index (κ3) is 3.84. The highest BCUT2D eigenvalue weighted by molar-refractivity contribution is 6.03. The van der Waals surface area contributed by atoms with Crippen molar-refractivity contribution in [3.05, 3.63) is 46.2 Å². The number of nitroso groups, excluding NO2 is 1. The third-order valence-electron chi connectivity index (χ3n) is 2.28. The first-order valence-electron chi connectivity index (χ1n) is 5.28. The van der Waals surface area contributed by atoms with E-state index >= 15 is 0 Å². The minimum absolute atomic E-state index is 0.0754. The summed E-state index contributed by atoms with van der Waals surface area (Å²) < 4.78 is 26.2. The summed E-state index contributed by atoms with van der Waals surface area (Å²) in [7, 11) is 0. The maximum atomic E-state index is 13.1. The number of benzene rings is 1. The van der Waals surface area contributed by atoms with E-state index in [-0.39, 0.29) is 11.3 Å². The molecule has 0 aliphatic carbocycles. The number of alkyl halides is 2. The Hall–Kier alpha value is -2.31. The molecule has 0 fully saturated rings. The fourth-order valence-corrected chi connectivity index (χ4v) is 1.33. The summed E-state index contributed by atoms with van der Waals surface area (Å²) in [4.78, 5) is 21.9. The number of carbonyl (C=O) groups is 1. The molecule has 0 bridgehead atoms. The van der Waals surface area contributed by atoms with Crippen LogP contribution in [0.2, 0.25) is 0 Å². The van der Waals surface area contributed by atoms with Gasteiger partial charge in [0.25, 0.3) is 11.8 Å². The molecule has 2 N–H and O–H groups in total. The zero-order chi connectivity index (χ0) is 14.6. The second-order valence-electron chi connectivity index (χ2n) is 3.95. The molecule has 0 heterocycles. The number of hydrogen-bond acceptors (Lipinski definition) is 4. The van der Waals surface area contributed by atoms with E-state index in [1.54, 1.807) is 0 Å². The molecule has 0 aromatic heterocycles. The quantitative estimate of drug-likeness (QED) is 0.500. The van der Waals surface area contributed by atoms with E-state index in [2.05, 4.69) is 10.5 Å². The Labute approximate surface area is 107 Å². The van der Waals surface area contributed by atoms with Gasteiger partial charge in [-0.05, 0) is 24.2 Å². The predicted molar refractivity (Wildman–Crippen MR) is 65.8 cm³/mol. The van der Waals surface area contributed by atoms with Crippen LogP contribution in [-0.2, 0) is 10.7 Å². The normalized spacial score (nSPS) is 12.6. The van der Waals surface area contributed by atoms with Crippen LogP contribution >= 0.6 is 0 Å². The molecular weight excluding hydrogens is 258 g/mol. The van der Waals surface area contributed by atoms with E-state index in [1.165, 1.54) is 18.2 Å². The van der Waals surface area contributed by atoms with Gasteiger partial charge < -0.3 is 10.4 Å². The number of rotatable bonds is 4. The number of aliphatic hydroxyl groups excluding tert-OH is 1. The maximum absolute atomic E-state index is 13.1. The molecule has 19 heavy (non-hydrogen) atoms. The van der Waals surface area contributed by atoms with Gasteiger partial charge in [-0.3, -0.25) is 4.79 Å². The number of nitrogens with one attached hydrogen (secondary N) is 1. The number of carbonyl (C=O) groups excluding carboxylic acids is 1. The average molecular weight is 270 g/mol. The van der Waals surface area contributed by atoms with Gasteiger partial charge in [0.2, 0.25) is 5.70 Å². The molecule has 5 nitrogen and oxygen atoms in total. The number of halogens is 2. The second kappa shape index (κ2) is 5.55. The molecule has 0 saturated carbocycles. The lowest BCUT2D eigenvalue weighted by atomic mass is 10.1. The molecule has 102 valence electrons. The maximum Gasteiger partial charge on any atom is 0.281 e. The van der Waals surface area contributed by atoms with Gasteiger partial charge in [-0.2, -0.15) is 0 Å². The van der Waals surface area contributed by atoms with Crippen LogP contribution in [0.25, 0.3) is 0 Å². The SMILES string of the molecule is C/C(O)=C(\N=O)C(=O)Nc1cccc(C(C)(F)F)c1. The Bertz CT molecular complexity index is 532. The van der Waals surface area contributed by atoms with E-state index < -0.39 is 23.3 Å². The molecule has 0 aliphatic rings. The van der Waals surface area contributed by atoms with Crippen LogP contribution in [0.1, 0.15) is 19.4 Å². The van der Waals surface area contributed by atoms with Crippen LogP contribution in [0, 0.1) is 4.91 Å². The summed E-state index contributed by atoms with van der Waals surface area (Å²) in [6, 6.07) is 5.00. The minimum atomic E-state index is -3.05. The van der Waals surface area contributed by atoms with Crippen molar-refractivity contribution in [3.8, 4) is 0 Å². The Kier molecular flexibility index (Phi) is 4.31. The Morgan fingerprint density at radius 1 is 1.42 bits per heavy atom. The zero-order valence-corrected chi connectivity index (χ0v) is 10.3. The average Bonchev–Trinajstić information content (AvgIpc) is 2.28. The van der Waals surface area contributed by atoms with Gasteiger partial charge in [0.05, 0.1) is 0 Å². The van der Waals surface area contributed by atoms with E-state index in [1.807, 2.05) is 0 Å². The summed E-state index contributed by atoms with van der Waals surface area (Å²) >= 11 is 0. The topological polar surface area (TPSA) is 78.8 Å². The van der Waals surface area contributed by atoms with Gasteiger partial charge in [-0.1, -0.05) is 12.1 Å². The molecule has 1 rings (SSSR count). The number of hydrogen-bond donors (Lipinski definition) is 2. The summed E-state index contributed by atoms with van der Waals surface area (Å²) in [5.74, 6) is -4.56. The van der Waals surface area contributed by atoms with Crippen molar-refractivity contribution in [2.75, 3.05) is 5.32 Å². The minimum Gasteiger partial charge on any atom is -0.510 e. The monoisotopic (exact) mass is 270 g/mol. The first-order valence-corrected chi connectivity index (χ1v) is 5.28. The lowest BCUT2D eigenvalue weighted by Crippen LogP contribution is -2.15. The van der Waals surface area contributed by atoms with E-state index in [0.717, 1.165) is 19.9 Å². The second-order valence-corrected chi connectivity index (χ2v) is 3.95. The Morgan fingerprint density at radius 3 is 2.53 bits per heavy atom. The molecule has 0 radical (unpaired) electrons. The largest absolute Gasteiger partial charge is 0.510 e. The lowest BCUT2D eigenvalue weighted by Gasteiger charge is -2.12. The van der Waals surface area contributed by atoms with Gasteiger partial charge in [0.1, 0.15) is 5.76 Å². The molecule has 7 heteroatoms. The van der Waals surface area contributed by atoms with E-state index in [4.69, 9.17) is 5.11 Å². The molecule has 0 saturated heterocycles. The highest BCUT2D eigenvalue weighted by atomic mass is 19.3. The van der Waals surface area contributed by atoms with E-state index in [9.17, 15) is 18.5 Å². The first kappa shape index (κ1) is 14.7. The number of nitrogens with zero attached hydrogens (tertiary/aromatic N) is 1. The fraction of sp³-hybridized carbons (Fsp3) is 0.250. The standard InChI is InChI=1S/C12H12F2N2O3/c1-7(17)10(16-19)11(18)15-9-5-3-4-8(6-9)12(2,13)14/h3-6,17H,1-2H3,(H,15,18)/b10-7+. The molecule has 0 spiro atoms. The van der Waals surface area contributed by atoms with Crippen LogP contribution in [0.4, 0.5) is 14.5 Å². The highest BCUT2D eigenvalue weighted by Crippen LogP contribution is 2.28. The Balaban J connectivity index is 2.99. The summed E-state index contributed by atoms with van der Waals surface area (Å²) in [6.07, 6.45) is 0. The number of allylic oxidation sites excluding steroid dienone is 1. The van der Waals surface area contributed by atoms with Crippen molar-refractivity contribution >= 4 is 11.6 Å². The van der Waals surface area contributed by atoms with Crippen LogP contribution in [0.5, 0.6) is 0 Å². The molecule has 0 atom stereocenters. The number of anilines is 1. The number of amides is 1. The summed E-state index contributed by atoms with van der Waals surface area (Å²) in [5.41, 5.74) is -0.907. The predicted octanol–water partition coefficient (Wildman–Crippen LogP) is 3.29. The molecule has 1 aromatic carbocycles. The van der Waals surface area contributed by atoms with Crippen LogP contribution in [0.15, 0.2) is 40.9 Å². The van der Waals surface area contributed by atoms with Crippen molar-refractivity contribution in [2.24, 2.45) is 5.18 Å². The van der Waals surface area contributed by atoms with Gasteiger partial charge >= 0.3 is 0 Å². The summed E-state index contributed by atoms with van der Waals surface area (Å²) in [6.45, 7) is 1.84. The van der Waals surface area contributed by atoms with Crippen LogP contribution in [-0.4, -0.2) is 11.0 Å². The fourth-order valence-electron chi connectivity index (χ4n) is 1.33.